The second-order valence-corrected chi connectivity index (χ2v) is 7.13. The number of nitrogens with zero attached hydrogens (tertiary/aromatic N) is 2. The highest BCUT2D eigenvalue weighted by atomic mass is 32.2. The first kappa shape index (κ1) is 16.0. The maximum atomic E-state index is 12.1. The van der Waals surface area contributed by atoms with E-state index in [0.29, 0.717) is 12.1 Å². The number of nitriles is 1. The minimum atomic E-state index is -3.42. The smallest absolute Gasteiger partial charge is 0.242 e. The fraction of sp³-hybridized carbons (Fsp3) is 0.188. The molecule has 0 aromatic heterocycles. The van der Waals surface area contributed by atoms with Gasteiger partial charge in [0, 0.05) is 26.3 Å². The van der Waals surface area contributed by atoms with E-state index in [0.717, 1.165) is 11.3 Å². The van der Waals surface area contributed by atoms with Gasteiger partial charge in [-0.05, 0) is 42.0 Å². The summed E-state index contributed by atoms with van der Waals surface area (Å²) in [7, 11) is -0.400. The minimum absolute atomic E-state index is 0.275. The molecule has 0 aliphatic heterocycles. The largest absolute Gasteiger partial charge is 0.381 e. The van der Waals surface area contributed by atoms with Gasteiger partial charge in [-0.3, -0.25) is 0 Å². The van der Waals surface area contributed by atoms with Gasteiger partial charge >= 0.3 is 0 Å². The average molecular weight is 315 g/mol. The lowest BCUT2D eigenvalue weighted by atomic mass is 10.2. The van der Waals surface area contributed by atoms with E-state index in [-0.39, 0.29) is 4.90 Å². The molecule has 114 valence electrons. The Morgan fingerprint density at radius 3 is 2.41 bits per heavy atom. The van der Waals surface area contributed by atoms with Crippen LogP contribution in [0.15, 0.2) is 53.4 Å². The Kier molecular flexibility index (Phi) is 4.81. The van der Waals surface area contributed by atoms with Crippen molar-refractivity contribution in [3.8, 4) is 6.07 Å². The van der Waals surface area contributed by atoms with Crippen LogP contribution in [0.3, 0.4) is 0 Å². The number of sulfonamides is 1. The molecular formula is C16H17N3O2S. The van der Waals surface area contributed by atoms with E-state index in [1.807, 2.05) is 18.2 Å². The highest BCUT2D eigenvalue weighted by Crippen LogP contribution is 2.16. The van der Waals surface area contributed by atoms with Crippen LogP contribution in [0.25, 0.3) is 0 Å². The number of anilines is 1. The molecule has 22 heavy (non-hydrogen) atoms. The third-order valence-corrected chi connectivity index (χ3v) is 5.00. The summed E-state index contributed by atoms with van der Waals surface area (Å²) in [6, 6.07) is 16.0. The Bertz CT molecular complexity index is 791. The fourth-order valence-electron chi connectivity index (χ4n) is 1.89. The molecule has 5 nitrogen and oxygen atoms in total. The molecule has 0 saturated heterocycles. The molecule has 0 aliphatic rings. The Balaban J connectivity index is 2.12. The molecule has 0 fully saturated rings. The third-order valence-electron chi connectivity index (χ3n) is 3.19. The van der Waals surface area contributed by atoms with Gasteiger partial charge in [0.25, 0.3) is 0 Å². The van der Waals surface area contributed by atoms with Crippen LogP contribution in [0, 0.1) is 11.3 Å². The van der Waals surface area contributed by atoms with Crippen molar-refractivity contribution in [1.29, 1.82) is 5.26 Å². The SMILES string of the molecule is CN(C)S(=O)(=O)c1cccc(CNc2ccc(C#N)cc2)c1. The molecule has 1 N–H and O–H groups in total. The first-order valence-electron chi connectivity index (χ1n) is 6.69. The quantitative estimate of drug-likeness (QED) is 0.919. The molecule has 2 aromatic rings. The first-order chi connectivity index (χ1) is 10.4. The van der Waals surface area contributed by atoms with Crippen molar-refractivity contribution in [2.24, 2.45) is 0 Å². The monoisotopic (exact) mass is 315 g/mol. The van der Waals surface area contributed by atoms with Crippen molar-refractivity contribution in [2.75, 3.05) is 19.4 Å². The van der Waals surface area contributed by atoms with Crippen molar-refractivity contribution in [3.63, 3.8) is 0 Å². The number of hydrogen-bond donors (Lipinski definition) is 1. The van der Waals surface area contributed by atoms with Gasteiger partial charge < -0.3 is 5.32 Å². The summed E-state index contributed by atoms with van der Waals surface area (Å²) in [5, 5.41) is 12.0. The zero-order valence-corrected chi connectivity index (χ0v) is 13.3. The van der Waals surface area contributed by atoms with E-state index in [4.69, 9.17) is 5.26 Å². The van der Waals surface area contributed by atoms with Crippen LogP contribution < -0.4 is 5.32 Å². The van der Waals surface area contributed by atoms with Gasteiger partial charge in [0.15, 0.2) is 0 Å². The maximum Gasteiger partial charge on any atom is 0.242 e. The Morgan fingerprint density at radius 2 is 1.82 bits per heavy atom. The van der Waals surface area contributed by atoms with Crippen LogP contribution in [0.2, 0.25) is 0 Å². The van der Waals surface area contributed by atoms with E-state index >= 15 is 0 Å². The van der Waals surface area contributed by atoms with Crippen molar-refractivity contribution < 1.29 is 8.42 Å². The lowest BCUT2D eigenvalue weighted by Gasteiger charge is -2.13. The van der Waals surface area contributed by atoms with E-state index in [2.05, 4.69) is 11.4 Å². The van der Waals surface area contributed by atoms with E-state index in [1.54, 1.807) is 30.3 Å². The summed E-state index contributed by atoms with van der Waals surface area (Å²) in [6.45, 7) is 0.503. The number of nitrogens with one attached hydrogen (secondary N) is 1. The molecule has 0 atom stereocenters. The van der Waals surface area contributed by atoms with Crippen molar-refractivity contribution in [2.45, 2.75) is 11.4 Å². The van der Waals surface area contributed by atoms with Crippen LogP contribution in [0.4, 0.5) is 5.69 Å². The summed E-state index contributed by atoms with van der Waals surface area (Å²) in [4.78, 5) is 0.275. The molecule has 0 amide bonds. The minimum Gasteiger partial charge on any atom is -0.381 e. The van der Waals surface area contributed by atoms with Gasteiger partial charge in [-0.2, -0.15) is 5.26 Å². The highest BCUT2D eigenvalue weighted by Gasteiger charge is 2.16. The summed E-state index contributed by atoms with van der Waals surface area (Å²) < 4.78 is 25.4. The van der Waals surface area contributed by atoms with Crippen molar-refractivity contribution in [3.05, 3.63) is 59.7 Å². The van der Waals surface area contributed by atoms with E-state index < -0.39 is 10.0 Å². The van der Waals surface area contributed by atoms with Crippen LogP contribution in [-0.2, 0) is 16.6 Å². The predicted molar refractivity (Wildman–Crippen MR) is 85.8 cm³/mol. The lowest BCUT2D eigenvalue weighted by molar-refractivity contribution is 0.520. The van der Waals surface area contributed by atoms with Crippen LogP contribution in [0.1, 0.15) is 11.1 Å². The van der Waals surface area contributed by atoms with Crippen LogP contribution >= 0.6 is 0 Å². The highest BCUT2D eigenvalue weighted by molar-refractivity contribution is 7.89. The second kappa shape index (κ2) is 6.60. The van der Waals surface area contributed by atoms with Crippen molar-refractivity contribution in [1.82, 2.24) is 4.31 Å². The van der Waals surface area contributed by atoms with Gasteiger partial charge in [-0.1, -0.05) is 12.1 Å². The van der Waals surface area contributed by atoms with E-state index in [1.165, 1.54) is 18.4 Å². The summed E-state index contributed by atoms with van der Waals surface area (Å²) >= 11 is 0. The molecule has 2 rings (SSSR count). The Morgan fingerprint density at radius 1 is 1.14 bits per heavy atom. The van der Waals surface area contributed by atoms with E-state index in [9.17, 15) is 8.42 Å². The maximum absolute atomic E-state index is 12.1. The van der Waals surface area contributed by atoms with Crippen LogP contribution in [0.5, 0.6) is 0 Å². The molecule has 0 radical (unpaired) electrons. The van der Waals surface area contributed by atoms with Gasteiger partial charge in [0.2, 0.25) is 10.0 Å². The predicted octanol–water partition coefficient (Wildman–Crippen LogP) is 2.42. The zero-order valence-electron chi connectivity index (χ0n) is 12.4. The number of hydrogen-bond acceptors (Lipinski definition) is 4. The molecule has 0 unspecified atom stereocenters. The molecule has 0 heterocycles. The normalized spacial score (nSPS) is 11.2. The van der Waals surface area contributed by atoms with Gasteiger partial charge in [-0.25, -0.2) is 12.7 Å². The first-order valence-corrected chi connectivity index (χ1v) is 8.13. The second-order valence-electron chi connectivity index (χ2n) is 4.98. The van der Waals surface area contributed by atoms with Crippen molar-refractivity contribution >= 4 is 15.7 Å². The molecule has 0 spiro atoms. The molecular weight excluding hydrogens is 298 g/mol. The summed E-state index contributed by atoms with van der Waals surface area (Å²) in [5.41, 5.74) is 2.34. The standard InChI is InChI=1S/C16H17N3O2S/c1-19(2)22(20,21)16-5-3-4-14(10-16)12-18-15-8-6-13(11-17)7-9-15/h3-10,18H,12H2,1-2H3. The Hall–Kier alpha value is -2.36. The van der Waals surface area contributed by atoms with Crippen LogP contribution in [-0.4, -0.2) is 26.8 Å². The lowest BCUT2D eigenvalue weighted by Crippen LogP contribution is -2.22. The number of benzene rings is 2. The summed E-state index contributed by atoms with van der Waals surface area (Å²) in [6.07, 6.45) is 0. The summed E-state index contributed by atoms with van der Waals surface area (Å²) in [5.74, 6) is 0. The van der Waals surface area contributed by atoms with Gasteiger partial charge in [-0.15, -0.1) is 0 Å². The molecule has 0 bridgehead atoms. The topological polar surface area (TPSA) is 73.2 Å². The third kappa shape index (κ3) is 3.64. The zero-order chi connectivity index (χ0) is 16.2. The van der Waals surface area contributed by atoms with Gasteiger partial charge in [0.1, 0.15) is 0 Å². The fourth-order valence-corrected chi connectivity index (χ4v) is 2.87. The molecule has 2 aromatic carbocycles. The van der Waals surface area contributed by atoms with Gasteiger partial charge in [0.05, 0.1) is 16.5 Å². The molecule has 0 aliphatic carbocycles. The average Bonchev–Trinajstić information content (AvgIpc) is 2.53. The number of rotatable bonds is 5. The molecule has 6 heteroatoms. The Labute approximate surface area is 130 Å². The molecule has 0 saturated carbocycles.